The number of carbonyl (C=O) groups excluding carboxylic acids is 1. The Morgan fingerprint density at radius 2 is 1.59 bits per heavy atom. The van der Waals surface area contributed by atoms with E-state index in [-0.39, 0.29) is 18.1 Å². The van der Waals surface area contributed by atoms with Gasteiger partial charge in [-0.05, 0) is 45.4 Å². The van der Waals surface area contributed by atoms with Gasteiger partial charge in [-0.15, -0.1) is 0 Å². The second-order valence-electron chi connectivity index (χ2n) is 10.8. The number of likely N-dealkylation sites (tertiary alicyclic amines) is 1. The van der Waals surface area contributed by atoms with Crippen LogP contribution in [0.3, 0.4) is 0 Å². The number of fused-ring (bicyclic) bond motifs is 1. The number of benzene rings is 2. The number of para-hydroxylation sites is 1. The summed E-state index contributed by atoms with van der Waals surface area (Å²) in [5.74, 6) is -1.04. The van der Waals surface area contributed by atoms with Crippen LogP contribution in [0.15, 0.2) is 66.7 Å². The van der Waals surface area contributed by atoms with Crippen LogP contribution in [0.4, 0.5) is 0 Å². The first-order valence-corrected chi connectivity index (χ1v) is 12.8. The summed E-state index contributed by atoms with van der Waals surface area (Å²) < 4.78 is 36.9. The van der Waals surface area contributed by atoms with Crippen molar-refractivity contribution < 1.29 is 33.2 Å². The van der Waals surface area contributed by atoms with Gasteiger partial charge in [-0.2, -0.15) is 0 Å². The van der Waals surface area contributed by atoms with Gasteiger partial charge in [0, 0.05) is 0 Å². The number of hydrogen-bond donors (Lipinski definition) is 0. The molecular formula is C29H33NO7. The van der Waals surface area contributed by atoms with E-state index in [4.69, 9.17) is 28.4 Å². The summed E-state index contributed by atoms with van der Waals surface area (Å²) in [6.07, 6.45) is 1.42. The first-order chi connectivity index (χ1) is 17.7. The molecule has 0 unspecified atom stereocenters. The lowest BCUT2D eigenvalue weighted by atomic mass is 9.89. The number of rotatable bonds is 6. The molecule has 0 aliphatic carbocycles. The van der Waals surface area contributed by atoms with E-state index in [1.165, 1.54) is 0 Å². The van der Waals surface area contributed by atoms with Crippen molar-refractivity contribution in [2.45, 2.75) is 82.1 Å². The van der Waals surface area contributed by atoms with Crippen molar-refractivity contribution in [1.29, 1.82) is 0 Å². The average Bonchev–Trinajstić information content (AvgIpc) is 3.50. The van der Waals surface area contributed by atoms with Crippen LogP contribution >= 0.6 is 0 Å². The fourth-order valence-corrected chi connectivity index (χ4v) is 5.60. The zero-order chi connectivity index (χ0) is 25.8. The quantitative estimate of drug-likeness (QED) is 0.551. The van der Waals surface area contributed by atoms with Gasteiger partial charge in [-0.25, -0.2) is 0 Å². The van der Waals surface area contributed by atoms with E-state index in [1.807, 2.05) is 105 Å². The fraction of sp³-hybridized carbons (Fsp3) is 0.483. The number of nitrogens with zero attached hydrogens (tertiary/aromatic N) is 1. The minimum Gasteiger partial charge on any atom is -0.478 e. The molecule has 0 N–H and O–H groups in total. The summed E-state index contributed by atoms with van der Waals surface area (Å²) >= 11 is 0. The monoisotopic (exact) mass is 507 g/mol. The Morgan fingerprint density at radius 1 is 0.892 bits per heavy atom. The van der Waals surface area contributed by atoms with E-state index >= 15 is 0 Å². The van der Waals surface area contributed by atoms with Gasteiger partial charge in [-0.3, -0.25) is 4.79 Å². The van der Waals surface area contributed by atoms with Gasteiger partial charge >= 0.3 is 0 Å². The van der Waals surface area contributed by atoms with Gasteiger partial charge in [0.05, 0.1) is 18.7 Å². The molecule has 4 fully saturated rings. The number of carbonyl (C=O) groups is 1. The molecule has 6 rings (SSSR count). The van der Waals surface area contributed by atoms with Crippen LogP contribution in [0.1, 0.15) is 33.3 Å². The molecule has 8 nitrogen and oxygen atoms in total. The summed E-state index contributed by atoms with van der Waals surface area (Å²) in [4.78, 5) is 15.6. The maximum atomic E-state index is 13.8. The van der Waals surface area contributed by atoms with Crippen molar-refractivity contribution >= 4 is 12.0 Å². The topological polar surface area (TPSA) is 75.7 Å². The Bertz CT molecular complexity index is 1150. The lowest BCUT2D eigenvalue weighted by molar-refractivity contribution is -0.232. The van der Waals surface area contributed by atoms with Crippen molar-refractivity contribution in [2.24, 2.45) is 0 Å². The van der Waals surface area contributed by atoms with Gasteiger partial charge in [-0.1, -0.05) is 60.7 Å². The molecule has 7 atom stereocenters. The third-order valence-electron chi connectivity index (χ3n) is 7.19. The molecule has 196 valence electrons. The summed E-state index contributed by atoms with van der Waals surface area (Å²) in [5, 5.41) is 0. The van der Waals surface area contributed by atoms with Crippen molar-refractivity contribution in [3.05, 3.63) is 72.3 Å². The van der Waals surface area contributed by atoms with E-state index in [1.54, 1.807) is 0 Å². The molecule has 0 bridgehead atoms. The summed E-state index contributed by atoms with van der Waals surface area (Å²) in [6, 6.07) is 18.6. The molecule has 2 aromatic carbocycles. The van der Waals surface area contributed by atoms with Crippen LogP contribution in [0.2, 0.25) is 0 Å². The molecule has 0 spiro atoms. The first kappa shape index (κ1) is 24.6. The predicted octanol–water partition coefficient (Wildman–Crippen LogP) is 3.75. The second-order valence-corrected chi connectivity index (χ2v) is 10.8. The van der Waals surface area contributed by atoms with E-state index in [2.05, 4.69) is 0 Å². The van der Waals surface area contributed by atoms with Gasteiger partial charge in [0.2, 0.25) is 6.10 Å². The number of amides is 1. The van der Waals surface area contributed by atoms with E-state index < -0.39 is 42.2 Å². The zero-order valence-corrected chi connectivity index (χ0v) is 21.5. The van der Waals surface area contributed by atoms with Crippen LogP contribution in [-0.2, 0) is 28.5 Å². The second kappa shape index (κ2) is 9.22. The van der Waals surface area contributed by atoms with Crippen molar-refractivity contribution in [2.75, 3.05) is 6.61 Å². The van der Waals surface area contributed by atoms with E-state index in [0.29, 0.717) is 12.4 Å². The van der Waals surface area contributed by atoms with E-state index in [0.717, 1.165) is 5.56 Å². The Labute approximate surface area is 217 Å². The van der Waals surface area contributed by atoms with Crippen LogP contribution in [0.25, 0.3) is 6.08 Å². The minimum absolute atomic E-state index is 0.128. The number of β-lactam (4-membered cyclic amide) rings is 1. The molecule has 4 aliphatic heterocycles. The Morgan fingerprint density at radius 3 is 2.27 bits per heavy atom. The summed E-state index contributed by atoms with van der Waals surface area (Å²) in [7, 11) is 0. The highest BCUT2D eigenvalue weighted by atomic mass is 16.8. The van der Waals surface area contributed by atoms with Gasteiger partial charge < -0.3 is 33.3 Å². The number of hydrogen-bond acceptors (Lipinski definition) is 7. The maximum Gasteiger partial charge on any atom is 0.267 e. The Balaban J connectivity index is 1.33. The van der Waals surface area contributed by atoms with Crippen molar-refractivity contribution in [3.8, 4) is 5.75 Å². The number of ether oxygens (including phenoxy) is 6. The van der Waals surface area contributed by atoms with Gasteiger partial charge in [0.25, 0.3) is 5.91 Å². The molecule has 4 aliphatic rings. The van der Waals surface area contributed by atoms with Crippen LogP contribution in [0.5, 0.6) is 5.75 Å². The smallest absolute Gasteiger partial charge is 0.267 e. The lowest BCUT2D eigenvalue weighted by Gasteiger charge is -2.50. The predicted molar refractivity (Wildman–Crippen MR) is 134 cm³/mol. The molecule has 0 aromatic heterocycles. The average molecular weight is 508 g/mol. The molecule has 0 radical (unpaired) electrons. The zero-order valence-electron chi connectivity index (χ0n) is 21.5. The Hall–Kier alpha value is -2.75. The normalized spacial score (nSPS) is 36.1. The highest BCUT2D eigenvalue weighted by Crippen LogP contribution is 2.45. The standard InChI is InChI=1S/C29H33NO7/c1-28(2)32-17-21(35-28)24-22(25-27(34-24)37-29(3,4)36-25)30-20(16-15-18-11-7-5-8-12-18)23(26(30)31)33-19-13-9-6-10-14-19/h5-16,20-25,27H,17H2,1-4H3/b16-15+/t20-,21-,22+,23-,24+,25-,27-/m1/s1. The molecule has 1 amide bonds. The molecule has 8 heteroatoms. The van der Waals surface area contributed by atoms with Crippen LogP contribution in [-0.4, -0.2) is 71.8 Å². The van der Waals surface area contributed by atoms with Gasteiger partial charge in [0.15, 0.2) is 17.9 Å². The van der Waals surface area contributed by atoms with E-state index in [9.17, 15) is 4.79 Å². The third-order valence-corrected chi connectivity index (χ3v) is 7.19. The van der Waals surface area contributed by atoms with Crippen molar-refractivity contribution in [3.63, 3.8) is 0 Å². The summed E-state index contributed by atoms with van der Waals surface area (Å²) in [5.41, 5.74) is 1.04. The maximum absolute atomic E-state index is 13.8. The SMILES string of the molecule is CC1(C)O[C@H]2O[C@@H]([C@H]3COC(C)(C)O3)[C@H](N3C(=O)[C@H](Oc4ccccc4)[C@H]3/C=C/c3ccccc3)[C@H]2O1. The molecule has 37 heavy (non-hydrogen) atoms. The Kier molecular flexibility index (Phi) is 6.12. The molecular weight excluding hydrogens is 474 g/mol. The summed E-state index contributed by atoms with van der Waals surface area (Å²) in [6.45, 7) is 7.80. The molecule has 4 saturated heterocycles. The van der Waals surface area contributed by atoms with Crippen LogP contribution in [0, 0.1) is 0 Å². The van der Waals surface area contributed by atoms with Crippen LogP contribution < -0.4 is 4.74 Å². The van der Waals surface area contributed by atoms with Gasteiger partial charge in [0.1, 0.15) is 24.1 Å². The molecule has 0 saturated carbocycles. The highest BCUT2D eigenvalue weighted by Gasteiger charge is 2.65. The third kappa shape index (κ3) is 4.69. The molecule has 2 aromatic rings. The fourth-order valence-electron chi connectivity index (χ4n) is 5.60. The highest BCUT2D eigenvalue weighted by molar-refractivity contribution is 5.90. The molecule has 4 heterocycles. The first-order valence-electron chi connectivity index (χ1n) is 12.8. The lowest BCUT2D eigenvalue weighted by Crippen LogP contribution is -2.72. The van der Waals surface area contributed by atoms with Crippen molar-refractivity contribution in [1.82, 2.24) is 4.90 Å². The largest absolute Gasteiger partial charge is 0.478 e. The minimum atomic E-state index is -0.825.